The van der Waals surface area contributed by atoms with Crippen molar-refractivity contribution >= 4 is 21.9 Å². The summed E-state index contributed by atoms with van der Waals surface area (Å²) in [6.45, 7) is -0.525. The average molecular weight is 389 g/mol. The number of hydrogen-bond donors (Lipinski definition) is 1. The van der Waals surface area contributed by atoms with E-state index in [0.717, 1.165) is 0 Å². The third-order valence-electron chi connectivity index (χ3n) is 3.08. The first-order valence-electron chi connectivity index (χ1n) is 7.95. The van der Waals surface area contributed by atoms with Crippen LogP contribution in [-0.4, -0.2) is 26.7 Å². The molecule has 0 saturated carbocycles. The summed E-state index contributed by atoms with van der Waals surface area (Å²) in [6.07, 6.45) is 0. The summed E-state index contributed by atoms with van der Waals surface area (Å²) in [7, 11) is -3.68. The van der Waals surface area contributed by atoms with Crippen molar-refractivity contribution in [2.75, 3.05) is 13.2 Å². The molecule has 0 amide bonds. The lowest BCUT2D eigenvalue weighted by molar-refractivity contribution is 0.205. The molecule has 0 heterocycles. The van der Waals surface area contributed by atoms with E-state index in [0.29, 0.717) is 0 Å². The molecule has 26 heavy (non-hydrogen) atoms. The molecular weight excluding hydrogens is 368 g/mol. The van der Waals surface area contributed by atoms with Crippen molar-refractivity contribution in [1.82, 2.24) is 0 Å². The minimum atomic E-state index is -3.68. The molecule has 0 aromatic heterocycles. The Morgan fingerprint density at radius 1 is 0.731 bits per heavy atom. The largest absolute Gasteiger partial charge is 0.394 e. The van der Waals surface area contributed by atoms with Crippen molar-refractivity contribution in [2.24, 2.45) is 0 Å². The Bertz CT molecular complexity index is 815. The van der Waals surface area contributed by atoms with Crippen molar-refractivity contribution < 1.29 is 17.7 Å². The van der Waals surface area contributed by atoms with Gasteiger partial charge in [-0.1, -0.05) is 66.4 Å². The first-order valence-corrected chi connectivity index (χ1v) is 10.2. The van der Waals surface area contributed by atoms with Gasteiger partial charge in [0.2, 0.25) is 0 Å². The quantitative estimate of drug-likeness (QED) is 0.641. The van der Waals surface area contributed by atoms with Gasteiger partial charge in [0, 0.05) is 9.79 Å². The van der Waals surface area contributed by atoms with Gasteiger partial charge < -0.3 is 5.11 Å². The number of hydrogen-bond acceptors (Lipinski definition) is 5. The van der Waals surface area contributed by atoms with Crippen LogP contribution < -0.4 is 0 Å². The zero-order valence-electron chi connectivity index (χ0n) is 14.1. The first-order chi connectivity index (χ1) is 12.6. The lowest BCUT2D eigenvalue weighted by Crippen LogP contribution is -2.09. The average Bonchev–Trinajstić information content (AvgIpc) is 2.69. The highest BCUT2D eigenvalue weighted by Gasteiger charge is 2.13. The highest BCUT2D eigenvalue weighted by molar-refractivity contribution is 7.99. The maximum atomic E-state index is 11.3. The van der Waals surface area contributed by atoms with E-state index < -0.39 is 10.1 Å². The monoisotopic (exact) mass is 388 g/mol. The molecule has 0 fully saturated rings. The molecule has 6 heteroatoms. The summed E-state index contributed by atoms with van der Waals surface area (Å²) < 4.78 is 27.0. The fourth-order valence-corrected chi connectivity index (χ4v) is 3.69. The Labute approximate surface area is 158 Å². The van der Waals surface area contributed by atoms with Crippen LogP contribution in [0.1, 0.15) is 0 Å². The molecular formula is C20H20O4S2. The molecule has 0 aliphatic heterocycles. The normalized spacial score (nSPS) is 10.7. The van der Waals surface area contributed by atoms with Crippen molar-refractivity contribution in [3.63, 3.8) is 0 Å². The minimum absolute atomic E-state index is 0.100. The molecule has 0 aliphatic carbocycles. The SMILES string of the molecule is O=S(=O)(OCCO)c1ccccc1.c1ccc(Sc2ccccc2)cc1. The molecule has 0 aliphatic rings. The van der Waals surface area contributed by atoms with Gasteiger partial charge in [-0.05, 0) is 36.4 Å². The van der Waals surface area contributed by atoms with Crippen molar-refractivity contribution in [3.8, 4) is 0 Å². The Morgan fingerprint density at radius 2 is 1.15 bits per heavy atom. The minimum Gasteiger partial charge on any atom is -0.394 e. The Hall–Kier alpha value is -2.12. The van der Waals surface area contributed by atoms with E-state index in [4.69, 9.17) is 5.11 Å². The second-order valence-corrected chi connectivity index (χ2v) is 7.80. The third kappa shape index (κ3) is 7.01. The Balaban J connectivity index is 0.000000187. The predicted molar refractivity (Wildman–Crippen MR) is 104 cm³/mol. The molecule has 1 N–H and O–H groups in total. The van der Waals surface area contributed by atoms with Crippen LogP contribution in [0, 0.1) is 0 Å². The van der Waals surface area contributed by atoms with Crippen LogP contribution >= 0.6 is 11.8 Å². The molecule has 4 nitrogen and oxygen atoms in total. The summed E-state index contributed by atoms with van der Waals surface area (Å²) in [4.78, 5) is 2.67. The Morgan fingerprint density at radius 3 is 1.58 bits per heavy atom. The summed E-state index contributed by atoms with van der Waals surface area (Å²) in [5, 5.41) is 8.39. The van der Waals surface area contributed by atoms with Crippen LogP contribution in [0.2, 0.25) is 0 Å². The van der Waals surface area contributed by atoms with E-state index >= 15 is 0 Å². The lowest BCUT2D eigenvalue weighted by atomic mass is 10.4. The van der Waals surface area contributed by atoms with Crippen molar-refractivity contribution in [1.29, 1.82) is 0 Å². The topological polar surface area (TPSA) is 63.6 Å². The van der Waals surface area contributed by atoms with Gasteiger partial charge in [0.25, 0.3) is 10.1 Å². The molecule has 0 unspecified atom stereocenters. The lowest BCUT2D eigenvalue weighted by Gasteiger charge is -2.02. The van der Waals surface area contributed by atoms with Gasteiger partial charge in [0.1, 0.15) is 0 Å². The molecule has 3 rings (SSSR count). The molecule has 0 bridgehead atoms. The Kier molecular flexibility index (Phi) is 8.37. The standard InChI is InChI=1S/C12H10S.C8H10O4S/c1-3-7-11(8-4-1)13-12-9-5-2-6-10-12;9-6-7-12-13(10,11)8-4-2-1-3-5-8/h1-10H;1-5,9H,6-7H2. The van der Waals surface area contributed by atoms with Crippen molar-refractivity contribution in [2.45, 2.75) is 14.7 Å². The number of benzene rings is 3. The van der Waals surface area contributed by atoms with Crippen LogP contribution in [0.25, 0.3) is 0 Å². The first kappa shape index (κ1) is 20.2. The zero-order valence-corrected chi connectivity index (χ0v) is 15.7. The van der Waals surface area contributed by atoms with Gasteiger partial charge in [0.05, 0.1) is 18.1 Å². The van der Waals surface area contributed by atoms with Gasteiger partial charge in [-0.3, -0.25) is 4.18 Å². The number of rotatable bonds is 6. The van der Waals surface area contributed by atoms with Gasteiger partial charge in [-0.25, -0.2) is 0 Å². The molecule has 0 atom stereocenters. The summed E-state index contributed by atoms with van der Waals surface area (Å²) in [5.41, 5.74) is 0. The molecule has 3 aromatic carbocycles. The van der Waals surface area contributed by atoms with E-state index in [1.54, 1.807) is 30.0 Å². The highest BCUT2D eigenvalue weighted by Crippen LogP contribution is 2.26. The van der Waals surface area contributed by atoms with E-state index in [1.165, 1.54) is 21.9 Å². The van der Waals surface area contributed by atoms with Gasteiger partial charge in [0.15, 0.2) is 0 Å². The van der Waals surface area contributed by atoms with Gasteiger partial charge in [-0.15, -0.1) is 0 Å². The zero-order chi connectivity index (χ0) is 18.7. The molecule has 136 valence electrons. The number of aliphatic hydroxyl groups is 1. The highest BCUT2D eigenvalue weighted by atomic mass is 32.2. The predicted octanol–water partition coefficient (Wildman–Crippen LogP) is 4.22. The van der Waals surface area contributed by atoms with E-state index in [-0.39, 0.29) is 18.1 Å². The second-order valence-electron chi connectivity index (χ2n) is 5.04. The van der Waals surface area contributed by atoms with Crippen LogP contribution in [0.15, 0.2) is 106 Å². The molecule has 0 spiro atoms. The van der Waals surface area contributed by atoms with Crippen LogP contribution in [0.5, 0.6) is 0 Å². The van der Waals surface area contributed by atoms with Crippen LogP contribution in [0.3, 0.4) is 0 Å². The molecule has 0 radical (unpaired) electrons. The summed E-state index contributed by atoms with van der Waals surface area (Å²) in [5.74, 6) is 0. The van der Waals surface area contributed by atoms with E-state index in [9.17, 15) is 8.42 Å². The van der Waals surface area contributed by atoms with Gasteiger partial charge in [-0.2, -0.15) is 8.42 Å². The molecule has 0 saturated heterocycles. The van der Waals surface area contributed by atoms with Crippen LogP contribution in [0.4, 0.5) is 0 Å². The summed E-state index contributed by atoms with van der Waals surface area (Å²) >= 11 is 1.79. The maximum absolute atomic E-state index is 11.3. The second kappa shape index (κ2) is 10.8. The third-order valence-corrected chi connectivity index (χ3v) is 5.43. The smallest absolute Gasteiger partial charge is 0.297 e. The molecule has 3 aromatic rings. The van der Waals surface area contributed by atoms with E-state index in [2.05, 4.69) is 52.7 Å². The fraction of sp³-hybridized carbons (Fsp3) is 0.100. The summed E-state index contributed by atoms with van der Waals surface area (Å²) in [6, 6.07) is 28.6. The maximum Gasteiger partial charge on any atom is 0.297 e. The van der Waals surface area contributed by atoms with Crippen LogP contribution in [-0.2, 0) is 14.3 Å². The number of aliphatic hydroxyl groups excluding tert-OH is 1. The van der Waals surface area contributed by atoms with Gasteiger partial charge >= 0.3 is 0 Å². The van der Waals surface area contributed by atoms with Crippen molar-refractivity contribution in [3.05, 3.63) is 91.0 Å². The van der Waals surface area contributed by atoms with E-state index in [1.807, 2.05) is 12.1 Å². The fourth-order valence-electron chi connectivity index (χ4n) is 1.92.